The Morgan fingerprint density at radius 3 is 1.35 bits per heavy atom. The maximum absolute atomic E-state index is 13.3. The number of aliphatic imine (C=N–C) groups is 2. The van der Waals surface area contributed by atoms with E-state index >= 15 is 0 Å². The number of pyridine rings is 3. The number of halogens is 1. The largest absolute Gasteiger partial charge is 0.305 e. The van der Waals surface area contributed by atoms with Gasteiger partial charge in [0.2, 0.25) is 0 Å². The van der Waals surface area contributed by atoms with Gasteiger partial charge in [-0.2, -0.15) is 0 Å². The maximum atomic E-state index is 13.3. The smallest absolute Gasteiger partial charge is 0.0553 e. The van der Waals surface area contributed by atoms with Crippen molar-refractivity contribution in [2.24, 2.45) is 9.98 Å². The van der Waals surface area contributed by atoms with Crippen molar-refractivity contribution in [2.45, 2.75) is 38.5 Å². The van der Waals surface area contributed by atoms with Gasteiger partial charge in [0.05, 0.1) is 11.4 Å². The maximum Gasteiger partial charge on any atom is 0.0553 e. The van der Waals surface area contributed by atoms with Gasteiger partial charge in [-0.1, -0.05) is 131 Å². The summed E-state index contributed by atoms with van der Waals surface area (Å²) in [5.41, 5.74) is 14.2. The number of nitrogens with zero attached hydrogens (tertiary/aromatic N) is 5. The molecular weight excluding hydrogens is 1930 g/mol. The van der Waals surface area contributed by atoms with Crippen molar-refractivity contribution >= 4 is 44.3 Å². The molecule has 0 spiro atoms. The van der Waals surface area contributed by atoms with Crippen LogP contribution in [0.2, 0.25) is 0 Å². The quantitative estimate of drug-likeness (QED) is 0.161. The van der Waals surface area contributed by atoms with Crippen molar-refractivity contribution in [2.75, 3.05) is 0 Å². The zero-order valence-electron chi connectivity index (χ0n) is 46.1. The molecule has 3 aromatic heterocycles. The molecule has 5 nitrogen and oxygen atoms in total. The Morgan fingerprint density at radius 2 is 0.810 bits per heavy atom. The van der Waals surface area contributed by atoms with Crippen LogP contribution in [0.15, 0.2) is 271 Å². The van der Waals surface area contributed by atoms with E-state index in [1.807, 2.05) is 176 Å². The molecule has 0 amide bonds. The summed E-state index contributed by atoms with van der Waals surface area (Å²) in [6, 6.07) is 95.0. The van der Waals surface area contributed by atoms with Gasteiger partial charge in [0.1, 0.15) is 0 Å². The zero-order valence-corrected chi connectivity index (χ0v) is 58.1. The van der Waals surface area contributed by atoms with E-state index in [0.717, 1.165) is 67.7 Å². The Kier molecular flexibility index (Phi) is 26.5. The normalized spacial score (nSPS) is 12.2. The molecule has 0 aliphatic carbocycles. The van der Waals surface area contributed by atoms with Gasteiger partial charge in [0.15, 0.2) is 0 Å². The third-order valence-corrected chi connectivity index (χ3v) is 13.7. The summed E-state index contributed by atoms with van der Waals surface area (Å²) >= 11 is 0. The van der Waals surface area contributed by atoms with Gasteiger partial charge in [0, 0.05) is 136 Å². The predicted molar refractivity (Wildman–Crippen MR) is 322 cm³/mol. The molecule has 12 aromatic rings. The first-order valence-corrected chi connectivity index (χ1v) is 26.2. The Hall–Kier alpha value is -6.53. The minimum absolute atomic E-state index is 0. The number of hydrogen-bond donors (Lipinski definition) is 0. The van der Waals surface area contributed by atoms with Crippen LogP contribution in [-0.2, 0) is 111 Å². The fourth-order valence-electron chi connectivity index (χ4n) is 9.62. The molecule has 0 unspecified atom stereocenters. The molecule has 5 heterocycles. The molecule has 11 heteroatoms. The summed E-state index contributed by atoms with van der Waals surface area (Å²) in [6.07, 6.45) is 5.54. The van der Waals surface area contributed by atoms with Crippen LogP contribution in [0.4, 0.5) is 15.8 Å². The number of hydrogen-bond acceptors (Lipinski definition) is 5. The fraction of sp³-hybridized carbons (Fsp3) is 0.0822. The van der Waals surface area contributed by atoms with Gasteiger partial charge < -0.3 is 15.0 Å². The summed E-state index contributed by atoms with van der Waals surface area (Å²) in [5, 5.41) is 4.77. The van der Waals surface area contributed by atoms with Crippen molar-refractivity contribution in [1.29, 1.82) is 0 Å². The SMILES string of the molecule is CC1(C)C(c2[c-]ccc(F)c2)=Nc2ccccc21.CC1(C)C(c2[c-]cccc2)=Nc2ccccc21.[Ir].[Ir].[Ir].[Ir].[Ir].[c-]1ccccc1-c1cc2ccccc2cn1.[c-]1ccccc1-c1ccccn1.[c-]1ccccc1-c1nccc2ccccc12. The Morgan fingerprint density at radius 1 is 0.345 bits per heavy atom. The molecule has 5 radical (unpaired) electrons. The van der Waals surface area contributed by atoms with Gasteiger partial charge >= 0.3 is 0 Å². The van der Waals surface area contributed by atoms with Crippen molar-refractivity contribution in [3.63, 3.8) is 0 Å². The topological polar surface area (TPSA) is 63.4 Å². The molecular formula is C73H55FIr5N5-5. The molecule has 0 atom stereocenters. The molecule has 84 heavy (non-hydrogen) atoms. The minimum atomic E-state index is -0.252. The van der Waals surface area contributed by atoms with Gasteiger partial charge in [-0.25, -0.2) is 4.39 Å². The summed E-state index contributed by atoms with van der Waals surface area (Å²) in [6.45, 7) is 8.66. The van der Waals surface area contributed by atoms with Crippen LogP contribution >= 0.6 is 0 Å². The van der Waals surface area contributed by atoms with E-state index in [9.17, 15) is 4.39 Å². The van der Waals surface area contributed by atoms with Crippen LogP contribution in [0, 0.1) is 36.1 Å². The molecule has 0 bridgehead atoms. The second kappa shape index (κ2) is 32.7. The standard InChI is InChI=1S/C16H13FN.C16H14N.2C15H10N.C11H8N.5Ir/c1-16(2)13-8-3-4-9-14(13)18-15(16)11-6-5-7-12(17)10-11;1-16(2)13-10-6-7-11-14(13)17-15(16)12-8-4-3-5-9-12;1-2-7-13(8-3-1)15-14-9-5-4-6-12(14)10-11-16-15;1-2-6-12(7-3-1)15-10-13-8-4-5-9-14(13)11-16-15;1-2-6-10(7-3-1)11-8-4-5-9-12-11;;;;;/h3-5,7-10H,1-2H3;3-8,10-11H,1-2H3;1-7,9-11H;1-6,8-11H;1-6,8-9H;;;;;/q5*-1;;;;;. The zero-order chi connectivity index (χ0) is 54.4. The van der Waals surface area contributed by atoms with Gasteiger partial charge in [0.25, 0.3) is 0 Å². The number of para-hydroxylation sites is 2. The fourth-order valence-corrected chi connectivity index (χ4v) is 9.62. The average Bonchev–Trinajstić information content (AvgIpc) is 2.25. The molecule has 0 saturated heterocycles. The van der Waals surface area contributed by atoms with Crippen molar-refractivity contribution in [3.8, 4) is 33.8 Å². The van der Waals surface area contributed by atoms with E-state index in [1.165, 1.54) is 44.8 Å². The number of aromatic nitrogens is 3. The predicted octanol–water partition coefficient (Wildman–Crippen LogP) is 17.9. The van der Waals surface area contributed by atoms with E-state index in [4.69, 9.17) is 4.99 Å². The third-order valence-electron chi connectivity index (χ3n) is 13.7. The van der Waals surface area contributed by atoms with E-state index in [2.05, 4.69) is 139 Å². The first kappa shape index (κ1) is 68.2. The molecule has 429 valence electrons. The van der Waals surface area contributed by atoms with E-state index < -0.39 is 0 Å². The summed E-state index contributed by atoms with van der Waals surface area (Å²) in [7, 11) is 0. The molecule has 0 saturated carbocycles. The van der Waals surface area contributed by atoms with E-state index in [0.29, 0.717) is 0 Å². The van der Waals surface area contributed by atoms with Crippen LogP contribution in [0.1, 0.15) is 49.9 Å². The van der Waals surface area contributed by atoms with E-state index in [-0.39, 0.29) is 117 Å². The first-order chi connectivity index (χ1) is 38.6. The molecule has 0 N–H and O–H groups in total. The van der Waals surface area contributed by atoms with Gasteiger partial charge in [-0.3, -0.25) is 9.98 Å². The Balaban J connectivity index is 0.000000190. The summed E-state index contributed by atoms with van der Waals surface area (Å²) < 4.78 is 13.3. The van der Waals surface area contributed by atoms with Crippen LogP contribution in [0.25, 0.3) is 55.3 Å². The van der Waals surface area contributed by atoms with Crippen molar-refractivity contribution in [1.82, 2.24) is 15.0 Å². The number of benzene rings is 9. The number of rotatable bonds is 5. The van der Waals surface area contributed by atoms with Gasteiger partial charge in [-0.05, 0) is 85.4 Å². The molecule has 2 aliphatic rings. The minimum Gasteiger partial charge on any atom is -0.305 e. The Bertz CT molecular complexity index is 3990. The monoisotopic (exact) mass is 1990 g/mol. The second-order valence-electron chi connectivity index (χ2n) is 19.7. The van der Waals surface area contributed by atoms with Crippen LogP contribution in [-0.4, -0.2) is 26.4 Å². The van der Waals surface area contributed by atoms with Gasteiger partial charge in [-0.15, -0.1) is 173 Å². The van der Waals surface area contributed by atoms with Crippen molar-refractivity contribution < 1.29 is 105 Å². The molecule has 14 rings (SSSR count). The molecule has 2 aliphatic heterocycles. The van der Waals surface area contributed by atoms with E-state index in [1.54, 1.807) is 12.3 Å². The van der Waals surface area contributed by atoms with Crippen LogP contribution < -0.4 is 0 Å². The molecule has 0 fully saturated rings. The third kappa shape index (κ3) is 16.7. The number of fused-ring (bicyclic) bond motifs is 4. The van der Waals surface area contributed by atoms with Crippen LogP contribution in [0.3, 0.4) is 0 Å². The molecule has 9 aromatic carbocycles. The Labute approximate surface area is 560 Å². The van der Waals surface area contributed by atoms with Crippen LogP contribution in [0.5, 0.6) is 0 Å². The summed E-state index contributed by atoms with van der Waals surface area (Å²) in [4.78, 5) is 22.5. The summed E-state index contributed by atoms with van der Waals surface area (Å²) in [5.74, 6) is -0.252. The first-order valence-electron chi connectivity index (χ1n) is 26.2. The second-order valence-corrected chi connectivity index (χ2v) is 19.7. The van der Waals surface area contributed by atoms with Crippen molar-refractivity contribution in [3.05, 3.63) is 320 Å². The average molecular weight is 1980 g/mol.